The predicted molar refractivity (Wildman–Crippen MR) is 160 cm³/mol. The Labute approximate surface area is 248 Å². The second-order valence-electron chi connectivity index (χ2n) is 12.6. The molecule has 0 saturated heterocycles. The number of alkyl carbamates (subject to hydrolysis) is 1. The third kappa shape index (κ3) is 5.64. The van der Waals surface area contributed by atoms with Crippen LogP contribution >= 0.6 is 0 Å². The quantitative estimate of drug-likeness (QED) is 0.287. The van der Waals surface area contributed by atoms with Gasteiger partial charge < -0.3 is 28.8 Å². The smallest absolute Gasteiger partial charge is 0.408 e. The molecule has 2 aromatic heterocycles. The summed E-state index contributed by atoms with van der Waals surface area (Å²) in [7, 11) is 3.49. The standard InChI is InChI=1S/C32H37F2N5O4/c1-32(2,3)43-31(41)35-22(15-33)17-38-9-8-19-11-25-24(14-23(19)30(38)40)36-29(37(25)4)26-12-20-10-21(34)13-27(42-5)28(20)39(26)16-18-6-7-18/h10-14,18,22H,6-9,15-17H2,1-5H3,(H,35,41)/t22-/m1/s1. The van der Waals surface area contributed by atoms with Crippen molar-refractivity contribution in [1.29, 1.82) is 0 Å². The summed E-state index contributed by atoms with van der Waals surface area (Å²) in [6.07, 6.45) is 2.16. The summed E-state index contributed by atoms with van der Waals surface area (Å²) in [5.41, 5.74) is 3.92. The first kappa shape index (κ1) is 28.9. The molecule has 2 aromatic carbocycles. The maximum absolute atomic E-state index is 14.4. The first-order valence-electron chi connectivity index (χ1n) is 14.7. The molecule has 0 radical (unpaired) electrons. The van der Waals surface area contributed by atoms with Crippen molar-refractivity contribution in [2.24, 2.45) is 13.0 Å². The number of methoxy groups -OCH3 is 1. The van der Waals surface area contributed by atoms with Gasteiger partial charge in [-0.2, -0.15) is 0 Å². The normalized spacial score (nSPS) is 16.1. The number of alkyl halides is 1. The third-order valence-corrected chi connectivity index (χ3v) is 8.13. The molecule has 11 heteroatoms. The molecule has 1 saturated carbocycles. The summed E-state index contributed by atoms with van der Waals surface area (Å²) >= 11 is 0. The molecule has 1 aliphatic heterocycles. The van der Waals surface area contributed by atoms with Crippen LogP contribution in [-0.2, 0) is 24.8 Å². The Bertz CT molecular complexity index is 1730. The Kier molecular flexibility index (Phi) is 7.30. The first-order valence-corrected chi connectivity index (χ1v) is 14.7. The van der Waals surface area contributed by atoms with Crippen molar-refractivity contribution < 1.29 is 27.8 Å². The zero-order valence-electron chi connectivity index (χ0n) is 25.2. The maximum atomic E-state index is 14.4. The summed E-state index contributed by atoms with van der Waals surface area (Å²) in [5.74, 6) is 1.14. The molecule has 2 aliphatic rings. The number of hydrogen-bond acceptors (Lipinski definition) is 5. The molecule has 0 spiro atoms. The number of carbonyl (C=O) groups excluding carboxylic acids is 2. The number of fused-ring (bicyclic) bond motifs is 3. The number of rotatable bonds is 8. The zero-order valence-corrected chi connectivity index (χ0v) is 25.2. The Morgan fingerprint density at radius 3 is 2.63 bits per heavy atom. The van der Waals surface area contributed by atoms with Crippen LogP contribution in [0, 0.1) is 11.7 Å². The molecule has 0 bridgehead atoms. The molecule has 4 aromatic rings. The van der Waals surface area contributed by atoms with Crippen LogP contribution in [0.3, 0.4) is 0 Å². The molecule has 9 nitrogen and oxygen atoms in total. The van der Waals surface area contributed by atoms with Gasteiger partial charge in [0, 0.05) is 43.7 Å². The fourth-order valence-corrected chi connectivity index (χ4v) is 5.92. The van der Waals surface area contributed by atoms with Crippen molar-refractivity contribution in [2.45, 2.75) is 58.2 Å². The van der Waals surface area contributed by atoms with Gasteiger partial charge >= 0.3 is 6.09 Å². The van der Waals surface area contributed by atoms with Crippen LogP contribution in [0.5, 0.6) is 5.75 Å². The van der Waals surface area contributed by atoms with Crippen LogP contribution in [0.2, 0.25) is 0 Å². The van der Waals surface area contributed by atoms with Crippen molar-refractivity contribution in [3.8, 4) is 17.3 Å². The molecular formula is C32H37F2N5O4. The molecule has 2 amide bonds. The summed E-state index contributed by atoms with van der Waals surface area (Å²) in [6, 6.07) is 7.78. The number of amides is 2. The first-order chi connectivity index (χ1) is 20.5. The lowest BCUT2D eigenvalue weighted by molar-refractivity contribution is 0.0466. The van der Waals surface area contributed by atoms with E-state index in [1.807, 2.05) is 23.7 Å². The Hall–Kier alpha value is -4.15. The third-order valence-electron chi connectivity index (χ3n) is 8.13. The summed E-state index contributed by atoms with van der Waals surface area (Å²) < 4.78 is 43.3. The van der Waals surface area contributed by atoms with E-state index in [-0.39, 0.29) is 18.3 Å². The number of aryl methyl sites for hydroxylation is 1. The molecule has 6 rings (SSSR count). The Balaban J connectivity index is 1.33. The summed E-state index contributed by atoms with van der Waals surface area (Å²) in [5, 5.41) is 3.28. The predicted octanol–water partition coefficient (Wildman–Crippen LogP) is 5.61. The number of carbonyl (C=O) groups is 2. The van der Waals surface area contributed by atoms with Crippen molar-refractivity contribution >= 4 is 33.9 Å². The van der Waals surface area contributed by atoms with Gasteiger partial charge in [-0.05, 0) is 75.8 Å². The van der Waals surface area contributed by atoms with E-state index in [1.165, 1.54) is 12.1 Å². The molecule has 1 atom stereocenters. The molecule has 228 valence electrons. The minimum atomic E-state index is -0.888. The zero-order chi connectivity index (χ0) is 30.6. The van der Waals surface area contributed by atoms with Crippen LogP contribution in [0.25, 0.3) is 33.5 Å². The van der Waals surface area contributed by atoms with E-state index in [4.69, 9.17) is 14.5 Å². The van der Waals surface area contributed by atoms with Gasteiger partial charge in [-0.15, -0.1) is 0 Å². The highest BCUT2D eigenvalue weighted by molar-refractivity contribution is 6.01. The van der Waals surface area contributed by atoms with E-state index in [0.717, 1.165) is 47.1 Å². The van der Waals surface area contributed by atoms with Crippen molar-refractivity contribution in [1.82, 2.24) is 24.3 Å². The lowest BCUT2D eigenvalue weighted by Crippen LogP contribution is -2.50. The second-order valence-corrected chi connectivity index (χ2v) is 12.6. The number of nitrogens with zero attached hydrogens (tertiary/aromatic N) is 4. The lowest BCUT2D eigenvalue weighted by atomic mass is 9.97. The molecule has 1 aliphatic carbocycles. The van der Waals surface area contributed by atoms with Gasteiger partial charge in [0.15, 0.2) is 5.82 Å². The lowest BCUT2D eigenvalue weighted by Gasteiger charge is -2.31. The summed E-state index contributed by atoms with van der Waals surface area (Å²) in [4.78, 5) is 32.3. The van der Waals surface area contributed by atoms with Crippen LogP contribution in [0.15, 0.2) is 30.3 Å². The maximum Gasteiger partial charge on any atom is 0.408 e. The molecule has 43 heavy (non-hydrogen) atoms. The Morgan fingerprint density at radius 1 is 1.19 bits per heavy atom. The SMILES string of the molecule is COc1cc(F)cc2cc(-c3nc4cc5c(cc4n3C)CCN(C[C@@H](CF)NC(=O)OC(C)(C)C)C5=O)n(CC3CC3)c12. The average Bonchev–Trinajstić information content (AvgIpc) is 3.62. The van der Waals surface area contributed by atoms with Crippen LogP contribution in [-0.4, -0.2) is 69.5 Å². The van der Waals surface area contributed by atoms with Crippen molar-refractivity contribution in [3.05, 3.63) is 47.3 Å². The van der Waals surface area contributed by atoms with E-state index in [0.29, 0.717) is 41.5 Å². The van der Waals surface area contributed by atoms with Gasteiger partial charge in [0.25, 0.3) is 5.91 Å². The van der Waals surface area contributed by atoms with Gasteiger partial charge in [0.2, 0.25) is 0 Å². The fraction of sp³-hybridized carbons (Fsp3) is 0.469. The summed E-state index contributed by atoms with van der Waals surface area (Å²) in [6.45, 7) is 5.57. The number of nitrogens with one attached hydrogen (secondary N) is 1. The monoisotopic (exact) mass is 593 g/mol. The van der Waals surface area contributed by atoms with Gasteiger partial charge in [-0.25, -0.2) is 18.6 Å². The van der Waals surface area contributed by atoms with E-state index < -0.39 is 24.4 Å². The number of imidazole rings is 1. The highest BCUT2D eigenvalue weighted by Crippen LogP contribution is 2.40. The van der Waals surface area contributed by atoms with E-state index in [2.05, 4.69) is 9.88 Å². The van der Waals surface area contributed by atoms with E-state index in [1.54, 1.807) is 38.8 Å². The number of benzene rings is 2. The second kappa shape index (κ2) is 10.8. The van der Waals surface area contributed by atoms with Crippen LogP contribution in [0.1, 0.15) is 49.5 Å². The molecule has 1 fully saturated rings. The van der Waals surface area contributed by atoms with Crippen LogP contribution < -0.4 is 10.1 Å². The number of halogens is 2. The van der Waals surface area contributed by atoms with Crippen molar-refractivity contribution in [3.63, 3.8) is 0 Å². The van der Waals surface area contributed by atoms with Crippen molar-refractivity contribution in [2.75, 3.05) is 26.9 Å². The number of ether oxygens (including phenoxy) is 2. The number of hydrogen-bond donors (Lipinski definition) is 1. The van der Waals surface area contributed by atoms with Gasteiger partial charge in [-0.3, -0.25) is 4.79 Å². The Morgan fingerprint density at radius 2 is 1.95 bits per heavy atom. The highest BCUT2D eigenvalue weighted by Gasteiger charge is 2.31. The van der Waals surface area contributed by atoms with Crippen LogP contribution in [0.4, 0.5) is 13.6 Å². The fourth-order valence-electron chi connectivity index (χ4n) is 5.92. The largest absolute Gasteiger partial charge is 0.494 e. The molecular weight excluding hydrogens is 556 g/mol. The van der Waals surface area contributed by atoms with Gasteiger partial charge in [0.1, 0.15) is 23.8 Å². The van der Waals surface area contributed by atoms with E-state index >= 15 is 0 Å². The highest BCUT2D eigenvalue weighted by atomic mass is 19.1. The number of aromatic nitrogens is 3. The molecule has 0 unspecified atom stereocenters. The van der Waals surface area contributed by atoms with Gasteiger partial charge in [0.05, 0.1) is 35.4 Å². The average molecular weight is 594 g/mol. The molecule has 3 heterocycles. The minimum absolute atomic E-state index is 0.0270. The molecule has 1 N–H and O–H groups in total. The topological polar surface area (TPSA) is 90.6 Å². The van der Waals surface area contributed by atoms with E-state index in [9.17, 15) is 18.4 Å². The van der Waals surface area contributed by atoms with Gasteiger partial charge in [-0.1, -0.05) is 0 Å². The minimum Gasteiger partial charge on any atom is -0.494 e.